The van der Waals surface area contributed by atoms with Gasteiger partial charge in [0.05, 0.1) is 10.0 Å². The van der Waals surface area contributed by atoms with Gasteiger partial charge in [-0.05, 0) is 64.7 Å². The number of rotatable bonds is 3. The number of halogens is 5. The van der Waals surface area contributed by atoms with Crippen molar-refractivity contribution in [1.82, 2.24) is 0 Å². The monoisotopic (exact) mass is 486 g/mol. The van der Waals surface area contributed by atoms with Crippen LogP contribution < -0.4 is 5.46 Å². The van der Waals surface area contributed by atoms with Crippen LogP contribution in [0, 0.1) is 0 Å². The van der Waals surface area contributed by atoms with Crippen LogP contribution in [0.5, 0.6) is 0 Å². The van der Waals surface area contributed by atoms with E-state index < -0.39 is 0 Å². The standard InChI is InChI=1S/C24H12BCl5/c25-16-4-8-22(28)19(12-16)14-2-6-20(26)17(10-14)13-1-5-21(27)18(9-13)15-3-7-23(29)24(30)11-15/h1-12H. The second-order valence-corrected chi connectivity index (χ2v) is 8.79. The summed E-state index contributed by atoms with van der Waals surface area (Å²) >= 11 is 31.7. The summed E-state index contributed by atoms with van der Waals surface area (Å²) < 4.78 is 0. The van der Waals surface area contributed by atoms with E-state index in [1.165, 1.54) is 0 Å². The zero-order valence-electron chi connectivity index (χ0n) is 15.4. The lowest BCUT2D eigenvalue weighted by Gasteiger charge is -2.13. The predicted octanol–water partition coefficient (Wildman–Crippen LogP) is 8.75. The highest BCUT2D eigenvalue weighted by molar-refractivity contribution is 6.42. The van der Waals surface area contributed by atoms with Crippen LogP contribution in [-0.2, 0) is 0 Å². The maximum absolute atomic E-state index is 6.54. The van der Waals surface area contributed by atoms with Crippen molar-refractivity contribution in [2.45, 2.75) is 0 Å². The fourth-order valence-electron chi connectivity index (χ4n) is 3.26. The average molecular weight is 488 g/mol. The molecule has 0 aromatic heterocycles. The molecule has 2 radical (unpaired) electrons. The van der Waals surface area contributed by atoms with Crippen molar-refractivity contribution in [3.63, 3.8) is 0 Å². The molecule has 30 heavy (non-hydrogen) atoms. The van der Waals surface area contributed by atoms with Crippen molar-refractivity contribution in [3.8, 4) is 33.4 Å². The van der Waals surface area contributed by atoms with Gasteiger partial charge in [0, 0.05) is 26.2 Å². The molecule has 0 spiro atoms. The topological polar surface area (TPSA) is 0 Å². The fourth-order valence-corrected chi connectivity index (χ4v) is 4.23. The lowest BCUT2D eigenvalue weighted by atomic mass is 9.91. The summed E-state index contributed by atoms with van der Waals surface area (Å²) in [6.07, 6.45) is 0. The van der Waals surface area contributed by atoms with Crippen LogP contribution in [0.25, 0.3) is 33.4 Å². The summed E-state index contributed by atoms with van der Waals surface area (Å²) in [4.78, 5) is 0. The first kappa shape index (κ1) is 21.6. The van der Waals surface area contributed by atoms with E-state index in [0.29, 0.717) is 30.6 Å². The SMILES string of the molecule is [B]c1ccc(Cl)c(-c2ccc(Cl)c(-c3ccc(Cl)c(-c4ccc(Cl)c(Cl)c4)c3)c2)c1. The van der Waals surface area contributed by atoms with E-state index in [9.17, 15) is 0 Å². The Balaban J connectivity index is 1.85. The largest absolute Gasteiger partial charge is 0.113 e. The molecule has 4 aromatic carbocycles. The maximum atomic E-state index is 6.54. The van der Waals surface area contributed by atoms with E-state index in [1.54, 1.807) is 24.3 Å². The van der Waals surface area contributed by atoms with E-state index >= 15 is 0 Å². The smallest absolute Gasteiger partial charge is 0.0960 e. The lowest BCUT2D eigenvalue weighted by molar-refractivity contribution is 1.57. The molecule has 0 aliphatic carbocycles. The minimum Gasteiger partial charge on any atom is -0.0960 e. The molecule has 6 heteroatoms. The molecule has 0 N–H and O–H groups in total. The normalized spacial score (nSPS) is 11.0. The molecule has 4 aromatic rings. The third-order valence-corrected chi connectivity index (χ3v) is 6.50. The van der Waals surface area contributed by atoms with Crippen LogP contribution >= 0.6 is 58.0 Å². The molecule has 0 aliphatic rings. The van der Waals surface area contributed by atoms with E-state index in [2.05, 4.69) is 0 Å². The van der Waals surface area contributed by atoms with Gasteiger partial charge in [0.1, 0.15) is 7.85 Å². The Labute approximate surface area is 201 Å². The van der Waals surface area contributed by atoms with Gasteiger partial charge < -0.3 is 0 Å². The lowest BCUT2D eigenvalue weighted by Crippen LogP contribution is -2.01. The molecule has 0 nitrogen and oxygen atoms in total. The highest BCUT2D eigenvalue weighted by Gasteiger charge is 2.12. The first-order valence-corrected chi connectivity index (χ1v) is 10.8. The molecule has 0 fully saturated rings. The fraction of sp³-hybridized carbons (Fsp3) is 0. The summed E-state index contributed by atoms with van der Waals surface area (Å²) in [7, 11) is 5.95. The highest BCUT2D eigenvalue weighted by Crippen LogP contribution is 2.39. The van der Waals surface area contributed by atoms with Gasteiger partial charge in [-0.3, -0.25) is 0 Å². The Morgan fingerprint density at radius 2 is 0.800 bits per heavy atom. The van der Waals surface area contributed by atoms with Gasteiger partial charge in [-0.25, -0.2) is 0 Å². The number of benzene rings is 4. The van der Waals surface area contributed by atoms with Crippen LogP contribution in [0.4, 0.5) is 0 Å². The van der Waals surface area contributed by atoms with Crippen LogP contribution in [-0.4, -0.2) is 7.85 Å². The van der Waals surface area contributed by atoms with Gasteiger partial charge in [0.2, 0.25) is 0 Å². The average Bonchev–Trinajstić information content (AvgIpc) is 2.73. The van der Waals surface area contributed by atoms with Gasteiger partial charge in [0.25, 0.3) is 0 Å². The van der Waals surface area contributed by atoms with Crippen molar-refractivity contribution in [1.29, 1.82) is 0 Å². The van der Waals surface area contributed by atoms with E-state index in [-0.39, 0.29) is 0 Å². The summed E-state index contributed by atoms with van der Waals surface area (Å²) in [6, 6.07) is 22.3. The maximum Gasteiger partial charge on any atom is 0.113 e. The van der Waals surface area contributed by atoms with Crippen molar-refractivity contribution >= 4 is 71.3 Å². The molecule has 0 saturated carbocycles. The van der Waals surface area contributed by atoms with Gasteiger partial charge in [-0.15, -0.1) is 0 Å². The van der Waals surface area contributed by atoms with Gasteiger partial charge in [-0.2, -0.15) is 0 Å². The van der Waals surface area contributed by atoms with Crippen molar-refractivity contribution in [2.75, 3.05) is 0 Å². The number of hydrogen-bond donors (Lipinski definition) is 0. The Morgan fingerprint density at radius 3 is 1.30 bits per heavy atom. The molecular formula is C24H12BCl5. The van der Waals surface area contributed by atoms with E-state index in [1.807, 2.05) is 48.5 Å². The zero-order valence-corrected chi connectivity index (χ0v) is 19.2. The third-order valence-electron chi connectivity index (χ3n) is 4.78. The Bertz CT molecular complexity index is 1270. The molecule has 0 amide bonds. The summed E-state index contributed by atoms with van der Waals surface area (Å²) in [6.45, 7) is 0. The Kier molecular flexibility index (Phi) is 6.39. The molecule has 0 atom stereocenters. The van der Waals surface area contributed by atoms with Crippen LogP contribution in [0.3, 0.4) is 0 Å². The first-order valence-electron chi connectivity index (χ1n) is 8.94. The predicted molar refractivity (Wildman–Crippen MR) is 133 cm³/mol. The Morgan fingerprint density at radius 1 is 0.400 bits per heavy atom. The minimum atomic E-state index is 0.465. The highest BCUT2D eigenvalue weighted by atomic mass is 35.5. The van der Waals surface area contributed by atoms with Crippen molar-refractivity contribution < 1.29 is 0 Å². The molecule has 4 rings (SSSR count). The molecular weight excluding hydrogens is 476 g/mol. The van der Waals surface area contributed by atoms with Crippen molar-refractivity contribution in [2.24, 2.45) is 0 Å². The van der Waals surface area contributed by atoms with Crippen LogP contribution in [0.15, 0.2) is 72.8 Å². The third kappa shape index (κ3) is 4.37. The van der Waals surface area contributed by atoms with Gasteiger partial charge >= 0.3 is 0 Å². The molecule has 0 heterocycles. The Hall–Kier alpha value is -1.61. The van der Waals surface area contributed by atoms with Crippen LogP contribution in [0.2, 0.25) is 25.1 Å². The molecule has 0 saturated heterocycles. The van der Waals surface area contributed by atoms with E-state index in [4.69, 9.17) is 65.9 Å². The molecule has 0 aliphatic heterocycles. The first-order chi connectivity index (χ1) is 14.3. The van der Waals surface area contributed by atoms with Crippen LogP contribution in [0.1, 0.15) is 0 Å². The van der Waals surface area contributed by atoms with Crippen molar-refractivity contribution in [3.05, 3.63) is 97.9 Å². The zero-order chi connectivity index (χ0) is 21.4. The summed E-state index contributed by atoms with van der Waals surface area (Å²) in [5.74, 6) is 0. The quantitative estimate of drug-likeness (QED) is 0.253. The summed E-state index contributed by atoms with van der Waals surface area (Å²) in [5, 5.41) is 2.78. The number of hydrogen-bond acceptors (Lipinski definition) is 0. The minimum absolute atomic E-state index is 0.465. The molecule has 0 bridgehead atoms. The molecule has 146 valence electrons. The van der Waals surface area contributed by atoms with E-state index in [0.717, 1.165) is 33.4 Å². The second-order valence-electron chi connectivity index (χ2n) is 6.76. The second kappa shape index (κ2) is 8.87. The van der Waals surface area contributed by atoms with Gasteiger partial charge in [0.15, 0.2) is 0 Å². The molecule has 0 unspecified atom stereocenters. The summed E-state index contributed by atoms with van der Waals surface area (Å²) in [5.41, 5.74) is 5.85. The van der Waals surface area contributed by atoms with Gasteiger partial charge in [-0.1, -0.05) is 93.8 Å².